The highest BCUT2D eigenvalue weighted by atomic mass is 35.5. The van der Waals surface area contributed by atoms with Crippen molar-refractivity contribution in [1.82, 2.24) is 19.7 Å². The molecule has 3 aliphatic heterocycles. The summed E-state index contributed by atoms with van der Waals surface area (Å²) in [4.78, 5) is 51.1. The summed E-state index contributed by atoms with van der Waals surface area (Å²) in [6.07, 6.45) is -0.235. The van der Waals surface area contributed by atoms with E-state index in [-0.39, 0.29) is 11.3 Å². The number of carbonyl (C=O) groups is 3. The van der Waals surface area contributed by atoms with Gasteiger partial charge in [-0.15, -0.1) is 5.10 Å². The normalized spacial score (nSPS) is 22.0. The molecule has 48 heavy (non-hydrogen) atoms. The van der Waals surface area contributed by atoms with Gasteiger partial charge in [-0.2, -0.15) is 4.68 Å². The quantitative estimate of drug-likeness (QED) is 0.282. The van der Waals surface area contributed by atoms with E-state index in [4.69, 9.17) is 25.8 Å². The second-order valence-corrected chi connectivity index (χ2v) is 14.3. The lowest BCUT2D eigenvalue weighted by molar-refractivity contribution is -0.127. The van der Waals surface area contributed by atoms with E-state index in [0.29, 0.717) is 56.8 Å². The highest BCUT2D eigenvalue weighted by Crippen LogP contribution is 2.67. The van der Waals surface area contributed by atoms with Crippen LogP contribution in [-0.2, 0) is 19.7 Å². The monoisotopic (exact) mass is 673 g/mol. The molecule has 2 spiro atoms. The van der Waals surface area contributed by atoms with Crippen LogP contribution in [0, 0.1) is 5.41 Å². The first-order valence-electron chi connectivity index (χ1n) is 15.5. The van der Waals surface area contributed by atoms with Crippen molar-refractivity contribution in [1.29, 1.82) is 0 Å². The summed E-state index contributed by atoms with van der Waals surface area (Å²) in [5.41, 5.74) is 0.350. The second-order valence-electron chi connectivity index (χ2n) is 13.9. The lowest BCUT2D eigenvalue weighted by Crippen LogP contribution is -2.66. The third-order valence-electron chi connectivity index (χ3n) is 9.51. The number of halogens is 1. The molecule has 0 unspecified atom stereocenters. The van der Waals surface area contributed by atoms with Crippen molar-refractivity contribution < 1.29 is 33.7 Å². The largest absolute Gasteiger partial charge is 0.497 e. The number of nitrogens with one attached hydrogen (secondary N) is 1. The molecular formula is C33H32ClN7O7. The smallest absolute Gasteiger partial charge is 0.435 e. The molecule has 2 amide bonds. The van der Waals surface area contributed by atoms with Gasteiger partial charge in [0.2, 0.25) is 5.91 Å². The maximum absolute atomic E-state index is 13.7. The molecule has 248 valence electrons. The minimum absolute atomic E-state index is 0.158. The van der Waals surface area contributed by atoms with Gasteiger partial charge in [-0.3, -0.25) is 4.79 Å². The fourth-order valence-electron chi connectivity index (χ4n) is 7.16. The van der Waals surface area contributed by atoms with Crippen molar-refractivity contribution in [2.24, 2.45) is 5.41 Å². The second kappa shape index (κ2) is 10.3. The van der Waals surface area contributed by atoms with Gasteiger partial charge in [0.25, 0.3) is 0 Å². The summed E-state index contributed by atoms with van der Waals surface area (Å²) >= 11 is 6.81. The molecule has 2 atom stereocenters. The summed E-state index contributed by atoms with van der Waals surface area (Å²) in [6, 6.07) is 10.4. The van der Waals surface area contributed by atoms with Gasteiger partial charge >= 0.3 is 12.2 Å². The Morgan fingerprint density at radius 2 is 1.88 bits per heavy atom. The first-order valence-corrected chi connectivity index (χ1v) is 15.8. The minimum Gasteiger partial charge on any atom is -0.497 e. The van der Waals surface area contributed by atoms with Crippen LogP contribution in [0.25, 0.3) is 10.9 Å². The number of anilines is 4. The van der Waals surface area contributed by atoms with Gasteiger partial charge in [-0.05, 0) is 68.7 Å². The van der Waals surface area contributed by atoms with Gasteiger partial charge in [-0.25, -0.2) is 24.5 Å². The summed E-state index contributed by atoms with van der Waals surface area (Å²) < 4.78 is 17.7. The van der Waals surface area contributed by atoms with Crippen molar-refractivity contribution in [3.63, 3.8) is 0 Å². The minimum atomic E-state index is -1.35. The number of amides is 2. The predicted molar refractivity (Wildman–Crippen MR) is 175 cm³/mol. The van der Waals surface area contributed by atoms with Crippen LogP contribution in [0.2, 0.25) is 5.02 Å². The molecule has 3 fully saturated rings. The van der Waals surface area contributed by atoms with E-state index in [9.17, 15) is 19.5 Å². The standard InChI is InChI=1S/C33H32ClN7O7/c1-31(2,3)48-30(45)41-23-9-17(21-11-33(21)20-10-18(46-4)6-8-22(20)40(28(33)42)29(43)44)5-7-19(23)25(38-41)37-26-24(34)27(36-16-35-26)39-12-32(13-39)14-47-15-32/h5-10,16,21H,11-15H2,1-4H3,(H,43,44)(H,35,36,37,38)/t21-,33-/m0/s1. The van der Waals surface area contributed by atoms with Gasteiger partial charge in [0.1, 0.15) is 22.7 Å². The molecule has 5 heterocycles. The van der Waals surface area contributed by atoms with E-state index >= 15 is 0 Å². The Balaban J connectivity index is 1.17. The SMILES string of the molecule is COc1ccc2c(c1)[C@]1(C[C@H]1c1ccc3c(Nc4ncnc(N5CC6(COC6)C5)c4Cl)nn(C(=O)OC(C)(C)C)c3c1)C(=O)N2C(=O)O. The van der Waals surface area contributed by atoms with E-state index in [0.717, 1.165) is 36.8 Å². The summed E-state index contributed by atoms with van der Waals surface area (Å²) in [5, 5.41) is 18.6. The number of imide groups is 1. The Kier molecular flexibility index (Phi) is 6.50. The molecule has 2 aromatic heterocycles. The van der Waals surface area contributed by atoms with Crippen LogP contribution in [-0.4, -0.2) is 82.0 Å². The summed E-state index contributed by atoms with van der Waals surface area (Å²) in [5.74, 6) is 0.879. The molecule has 15 heteroatoms. The maximum Gasteiger partial charge on any atom is 0.435 e. The van der Waals surface area contributed by atoms with Crippen molar-refractivity contribution in [3.05, 3.63) is 58.9 Å². The van der Waals surface area contributed by atoms with Crippen LogP contribution in [0.4, 0.5) is 32.7 Å². The fourth-order valence-corrected chi connectivity index (χ4v) is 7.42. The van der Waals surface area contributed by atoms with Crippen molar-refractivity contribution in [2.45, 2.75) is 44.1 Å². The molecule has 2 saturated heterocycles. The van der Waals surface area contributed by atoms with E-state index in [1.54, 1.807) is 51.1 Å². The lowest BCUT2D eigenvalue weighted by atomic mass is 9.78. The molecular weight excluding hydrogens is 642 g/mol. The van der Waals surface area contributed by atoms with Crippen molar-refractivity contribution in [3.8, 4) is 5.75 Å². The lowest BCUT2D eigenvalue weighted by Gasteiger charge is -2.55. The van der Waals surface area contributed by atoms with Crippen LogP contribution >= 0.6 is 11.6 Å². The van der Waals surface area contributed by atoms with Gasteiger partial charge < -0.3 is 29.5 Å². The van der Waals surface area contributed by atoms with E-state index in [1.165, 1.54) is 18.1 Å². The average molecular weight is 674 g/mol. The Hall–Kier alpha value is -4.95. The number of methoxy groups -OCH3 is 1. The average Bonchev–Trinajstić information content (AvgIpc) is 3.57. The molecule has 4 aromatic rings. The molecule has 0 radical (unpaired) electrons. The molecule has 2 N–H and O–H groups in total. The first-order chi connectivity index (χ1) is 22.8. The Labute approximate surface area is 279 Å². The molecule has 14 nitrogen and oxygen atoms in total. The number of aromatic nitrogens is 4. The van der Waals surface area contributed by atoms with E-state index in [2.05, 4.69) is 25.3 Å². The Morgan fingerprint density at radius 3 is 2.54 bits per heavy atom. The van der Waals surface area contributed by atoms with E-state index < -0.39 is 29.1 Å². The number of hydrogen-bond acceptors (Lipinski definition) is 11. The number of carbonyl (C=O) groups excluding carboxylic acids is 2. The van der Waals surface area contributed by atoms with Gasteiger partial charge in [-0.1, -0.05) is 17.7 Å². The van der Waals surface area contributed by atoms with Gasteiger partial charge in [0.15, 0.2) is 17.5 Å². The fraction of sp³-hybridized carbons (Fsp3) is 0.394. The molecule has 1 aliphatic carbocycles. The molecule has 4 aliphatic rings. The third-order valence-corrected chi connectivity index (χ3v) is 9.86. The number of nitrogens with zero attached hydrogens (tertiary/aromatic N) is 6. The van der Waals surface area contributed by atoms with E-state index in [1.807, 2.05) is 6.07 Å². The Bertz CT molecular complexity index is 2050. The maximum atomic E-state index is 13.7. The zero-order chi connectivity index (χ0) is 33.7. The molecule has 1 saturated carbocycles. The number of fused-ring (bicyclic) bond motifs is 3. The number of ether oxygens (including phenoxy) is 3. The molecule has 2 aromatic carbocycles. The highest BCUT2D eigenvalue weighted by molar-refractivity contribution is 6.35. The molecule has 0 bridgehead atoms. The zero-order valence-electron chi connectivity index (χ0n) is 26.6. The van der Waals surface area contributed by atoms with Gasteiger partial charge in [0.05, 0.1) is 42.4 Å². The van der Waals surface area contributed by atoms with Crippen LogP contribution in [0.5, 0.6) is 5.75 Å². The van der Waals surface area contributed by atoms with Crippen LogP contribution < -0.4 is 19.9 Å². The zero-order valence-corrected chi connectivity index (χ0v) is 27.4. The number of hydrogen-bond donors (Lipinski definition) is 2. The number of rotatable bonds is 5. The van der Waals surface area contributed by atoms with Crippen molar-refractivity contribution >= 4 is 63.7 Å². The van der Waals surface area contributed by atoms with Crippen LogP contribution in [0.1, 0.15) is 44.2 Å². The van der Waals surface area contributed by atoms with Crippen LogP contribution in [0.3, 0.4) is 0 Å². The number of benzene rings is 2. The highest BCUT2D eigenvalue weighted by Gasteiger charge is 2.68. The molecule has 8 rings (SSSR count). The van der Waals surface area contributed by atoms with Crippen molar-refractivity contribution in [2.75, 3.05) is 48.5 Å². The van der Waals surface area contributed by atoms with Gasteiger partial charge in [0, 0.05) is 24.4 Å². The number of carboxylic acid groups (broad SMARTS) is 1. The predicted octanol–water partition coefficient (Wildman–Crippen LogP) is 5.30. The summed E-state index contributed by atoms with van der Waals surface area (Å²) in [7, 11) is 1.52. The summed E-state index contributed by atoms with van der Waals surface area (Å²) in [6.45, 7) is 8.31. The van der Waals surface area contributed by atoms with Crippen LogP contribution in [0.15, 0.2) is 42.7 Å². The third kappa shape index (κ3) is 4.49. The topological polar surface area (TPSA) is 161 Å². The first kappa shape index (κ1) is 30.4. The Morgan fingerprint density at radius 1 is 1.10 bits per heavy atom.